The van der Waals surface area contributed by atoms with E-state index in [1.165, 1.54) is 0 Å². The largest absolute Gasteiger partial charge is 0.383 e. The van der Waals surface area contributed by atoms with Crippen LogP contribution in [-0.2, 0) is 17.8 Å². The molecule has 8 nitrogen and oxygen atoms in total. The number of fused-ring (bicyclic) bond motifs is 1. The van der Waals surface area contributed by atoms with Gasteiger partial charge in [0.15, 0.2) is 0 Å². The molecule has 9 heteroatoms. The molecule has 178 valence electrons. The van der Waals surface area contributed by atoms with Crippen molar-refractivity contribution in [3.8, 4) is 11.3 Å². The minimum atomic E-state index is -0.0131. The topological polar surface area (TPSA) is 76.4 Å². The lowest BCUT2D eigenvalue weighted by Crippen LogP contribution is -2.38. The molecular formula is C25H29ClN6O2. The van der Waals surface area contributed by atoms with E-state index in [2.05, 4.69) is 25.5 Å². The summed E-state index contributed by atoms with van der Waals surface area (Å²) in [4.78, 5) is 31.1. The van der Waals surface area contributed by atoms with Crippen LogP contribution in [0.5, 0.6) is 0 Å². The van der Waals surface area contributed by atoms with Gasteiger partial charge in [0, 0.05) is 50.9 Å². The summed E-state index contributed by atoms with van der Waals surface area (Å²) in [5.41, 5.74) is 4.42. The Kier molecular flexibility index (Phi) is 6.27. The van der Waals surface area contributed by atoms with Crippen LogP contribution in [0, 0.1) is 13.8 Å². The number of carbonyl (C=O) groups is 1. The Morgan fingerprint density at radius 1 is 1.18 bits per heavy atom. The molecule has 1 atom stereocenters. The van der Waals surface area contributed by atoms with Crippen molar-refractivity contribution in [3.63, 3.8) is 0 Å². The van der Waals surface area contributed by atoms with Crippen LogP contribution in [0.2, 0.25) is 5.02 Å². The van der Waals surface area contributed by atoms with Crippen molar-refractivity contribution in [2.24, 2.45) is 0 Å². The van der Waals surface area contributed by atoms with Crippen LogP contribution in [-0.4, -0.2) is 63.2 Å². The minimum absolute atomic E-state index is 0.0131. The number of aromatic nitrogens is 4. The zero-order valence-electron chi connectivity index (χ0n) is 19.8. The quantitative estimate of drug-likeness (QED) is 0.551. The van der Waals surface area contributed by atoms with Crippen LogP contribution in [0.25, 0.3) is 11.3 Å². The lowest BCUT2D eigenvalue weighted by molar-refractivity contribution is 0.0625. The molecular weight excluding hydrogens is 452 g/mol. The Morgan fingerprint density at radius 3 is 2.82 bits per heavy atom. The minimum Gasteiger partial charge on any atom is -0.383 e. The average molecular weight is 481 g/mol. The van der Waals surface area contributed by atoms with Gasteiger partial charge in [0.05, 0.1) is 29.9 Å². The SMILES string of the molecule is COC[C@H]1CCCN1C(=O)c1cn2c(n1)CN(c1cc(-c3ncc(C)cc3C)c(Cl)cn1)CC2. The predicted octanol–water partition coefficient (Wildman–Crippen LogP) is 3.88. The predicted molar refractivity (Wildman–Crippen MR) is 131 cm³/mol. The molecule has 5 heterocycles. The molecule has 0 unspecified atom stereocenters. The summed E-state index contributed by atoms with van der Waals surface area (Å²) in [5.74, 6) is 1.67. The smallest absolute Gasteiger partial charge is 0.274 e. The first-order valence-electron chi connectivity index (χ1n) is 11.6. The fraction of sp³-hybridized carbons (Fsp3) is 0.440. The number of nitrogens with zero attached hydrogens (tertiary/aromatic N) is 6. The van der Waals surface area contributed by atoms with Crippen molar-refractivity contribution in [2.75, 3.05) is 31.7 Å². The number of ether oxygens (including phenoxy) is 1. The van der Waals surface area contributed by atoms with E-state index in [1.807, 2.05) is 37.2 Å². The van der Waals surface area contributed by atoms with Gasteiger partial charge in [0.25, 0.3) is 5.91 Å². The number of hydrogen-bond donors (Lipinski definition) is 0. The molecule has 0 spiro atoms. The molecule has 5 rings (SSSR count). The Labute approximate surface area is 204 Å². The van der Waals surface area contributed by atoms with Gasteiger partial charge in [-0.3, -0.25) is 9.78 Å². The normalized spacial score (nSPS) is 17.8. The van der Waals surface area contributed by atoms with Crippen molar-refractivity contribution in [1.29, 1.82) is 0 Å². The molecule has 0 saturated carbocycles. The Bertz CT molecular complexity index is 1230. The summed E-state index contributed by atoms with van der Waals surface area (Å²) in [6.45, 7) is 7.46. The first kappa shape index (κ1) is 22.8. The number of rotatable bonds is 5. The molecule has 0 N–H and O–H groups in total. The summed E-state index contributed by atoms with van der Waals surface area (Å²) < 4.78 is 7.38. The monoisotopic (exact) mass is 480 g/mol. The van der Waals surface area contributed by atoms with E-state index in [-0.39, 0.29) is 11.9 Å². The fourth-order valence-electron chi connectivity index (χ4n) is 4.95. The molecule has 0 aromatic carbocycles. The average Bonchev–Trinajstić information content (AvgIpc) is 3.46. The number of pyridine rings is 2. The number of methoxy groups -OCH3 is 1. The number of halogens is 1. The Balaban J connectivity index is 1.37. The number of carbonyl (C=O) groups excluding carboxylic acids is 1. The molecule has 34 heavy (non-hydrogen) atoms. The van der Waals surface area contributed by atoms with Crippen LogP contribution >= 0.6 is 11.6 Å². The molecule has 3 aromatic rings. The van der Waals surface area contributed by atoms with Gasteiger partial charge in [-0.15, -0.1) is 0 Å². The highest BCUT2D eigenvalue weighted by atomic mass is 35.5. The van der Waals surface area contributed by atoms with Crippen molar-refractivity contribution in [3.05, 3.63) is 58.4 Å². The number of amides is 1. The zero-order valence-corrected chi connectivity index (χ0v) is 20.5. The van der Waals surface area contributed by atoms with Gasteiger partial charge >= 0.3 is 0 Å². The van der Waals surface area contributed by atoms with Crippen LogP contribution in [0.15, 0.2) is 30.7 Å². The molecule has 0 radical (unpaired) electrons. The molecule has 1 fully saturated rings. The number of aryl methyl sites for hydroxylation is 2. The van der Waals surface area contributed by atoms with Crippen molar-refractivity contribution < 1.29 is 9.53 Å². The second-order valence-electron chi connectivity index (χ2n) is 9.11. The molecule has 0 aliphatic carbocycles. The maximum atomic E-state index is 13.1. The summed E-state index contributed by atoms with van der Waals surface area (Å²) >= 11 is 6.51. The standard InChI is InChI=1S/C25H29ClN6O2/c1-16-9-17(2)24(28-11-16)19-10-22(27-12-20(19)26)31-8-7-30-13-21(29-23(30)14-31)25(33)32-6-4-5-18(32)15-34-3/h9-13,18H,4-8,14-15H2,1-3H3/t18-/m1/s1. The first-order valence-corrected chi connectivity index (χ1v) is 12.0. The number of anilines is 1. The number of imidazole rings is 1. The van der Waals surface area contributed by atoms with Gasteiger partial charge in [0.1, 0.15) is 17.3 Å². The van der Waals surface area contributed by atoms with Crippen molar-refractivity contribution >= 4 is 23.3 Å². The van der Waals surface area contributed by atoms with Crippen LogP contribution in [0.1, 0.15) is 40.3 Å². The van der Waals surface area contributed by atoms with Crippen LogP contribution in [0.3, 0.4) is 0 Å². The molecule has 2 aliphatic rings. The van der Waals surface area contributed by atoms with E-state index >= 15 is 0 Å². The maximum absolute atomic E-state index is 13.1. The third-order valence-corrected chi connectivity index (χ3v) is 6.95. The van der Waals surface area contributed by atoms with Gasteiger partial charge in [0.2, 0.25) is 0 Å². The molecule has 2 aliphatic heterocycles. The van der Waals surface area contributed by atoms with E-state index in [0.717, 1.165) is 66.5 Å². The Morgan fingerprint density at radius 2 is 2.03 bits per heavy atom. The third kappa shape index (κ3) is 4.28. The van der Waals surface area contributed by atoms with Crippen molar-refractivity contribution in [2.45, 2.75) is 45.8 Å². The van der Waals surface area contributed by atoms with E-state index in [4.69, 9.17) is 21.3 Å². The lowest BCUT2D eigenvalue weighted by atomic mass is 10.1. The second-order valence-corrected chi connectivity index (χ2v) is 9.51. The van der Waals surface area contributed by atoms with Gasteiger partial charge in [-0.1, -0.05) is 17.7 Å². The summed E-state index contributed by atoms with van der Waals surface area (Å²) in [5, 5.41) is 0.575. The van der Waals surface area contributed by atoms with E-state index in [0.29, 0.717) is 23.9 Å². The number of hydrogen-bond acceptors (Lipinski definition) is 6. The first-order chi connectivity index (χ1) is 16.4. The van der Waals surface area contributed by atoms with E-state index in [9.17, 15) is 4.79 Å². The van der Waals surface area contributed by atoms with Crippen LogP contribution in [0.4, 0.5) is 5.82 Å². The summed E-state index contributed by atoms with van der Waals surface area (Å²) in [6.07, 6.45) is 7.40. The molecule has 1 amide bonds. The second kappa shape index (κ2) is 9.35. The zero-order chi connectivity index (χ0) is 23.8. The van der Waals surface area contributed by atoms with Gasteiger partial charge < -0.3 is 19.1 Å². The van der Waals surface area contributed by atoms with Crippen LogP contribution < -0.4 is 4.90 Å². The van der Waals surface area contributed by atoms with E-state index < -0.39 is 0 Å². The lowest BCUT2D eigenvalue weighted by Gasteiger charge is -2.29. The fourth-order valence-corrected chi connectivity index (χ4v) is 5.14. The number of likely N-dealkylation sites (tertiary alicyclic amines) is 1. The van der Waals surface area contributed by atoms with Gasteiger partial charge in [-0.25, -0.2) is 9.97 Å². The molecule has 3 aromatic heterocycles. The third-order valence-electron chi connectivity index (χ3n) is 6.65. The maximum Gasteiger partial charge on any atom is 0.274 e. The highest BCUT2D eigenvalue weighted by molar-refractivity contribution is 6.33. The molecule has 1 saturated heterocycles. The Hall–Kier alpha value is -2.97. The summed E-state index contributed by atoms with van der Waals surface area (Å²) in [6, 6.07) is 4.23. The van der Waals surface area contributed by atoms with E-state index in [1.54, 1.807) is 13.3 Å². The highest BCUT2D eigenvalue weighted by Crippen LogP contribution is 2.32. The summed E-state index contributed by atoms with van der Waals surface area (Å²) in [7, 11) is 1.68. The highest BCUT2D eigenvalue weighted by Gasteiger charge is 2.32. The molecule has 0 bridgehead atoms. The van der Waals surface area contributed by atoms with Gasteiger partial charge in [-0.2, -0.15) is 0 Å². The van der Waals surface area contributed by atoms with Gasteiger partial charge in [-0.05, 0) is 43.9 Å². The van der Waals surface area contributed by atoms with Crippen molar-refractivity contribution in [1.82, 2.24) is 24.4 Å².